The molecule has 0 spiro atoms. The van der Waals surface area contributed by atoms with Crippen LogP contribution in [0.5, 0.6) is 0 Å². The van der Waals surface area contributed by atoms with Crippen molar-refractivity contribution in [2.45, 2.75) is 45.5 Å². The number of aliphatic hydroxyl groups excluding tert-OH is 1. The fourth-order valence-electron chi connectivity index (χ4n) is 1.57. The Kier molecular flexibility index (Phi) is 6.17. The minimum atomic E-state index is -0.384. The zero-order valence-corrected chi connectivity index (χ0v) is 10.0. The molecule has 1 aliphatic rings. The van der Waals surface area contributed by atoms with Crippen LogP contribution in [0.25, 0.3) is 0 Å². The smallest absolute Gasteiger partial charge is 0.156 e. The summed E-state index contributed by atoms with van der Waals surface area (Å²) in [7, 11) is 0. The van der Waals surface area contributed by atoms with Crippen LogP contribution in [0.4, 0.5) is 0 Å². The summed E-state index contributed by atoms with van der Waals surface area (Å²) in [4.78, 5) is 0. The molecule has 0 aromatic heterocycles. The van der Waals surface area contributed by atoms with E-state index >= 15 is 0 Å². The van der Waals surface area contributed by atoms with Crippen LogP contribution in [-0.4, -0.2) is 30.7 Å². The van der Waals surface area contributed by atoms with Crippen molar-refractivity contribution in [1.29, 1.82) is 0 Å². The molecule has 0 bridgehead atoms. The van der Waals surface area contributed by atoms with E-state index in [0.29, 0.717) is 13.2 Å². The lowest BCUT2D eigenvalue weighted by Gasteiger charge is -2.14. The first-order valence-electron chi connectivity index (χ1n) is 5.84. The van der Waals surface area contributed by atoms with Gasteiger partial charge in [0, 0.05) is 12.2 Å². The summed E-state index contributed by atoms with van der Waals surface area (Å²) in [5.41, 5.74) is 0.832. The Morgan fingerprint density at radius 2 is 2.38 bits per heavy atom. The van der Waals surface area contributed by atoms with E-state index in [-0.39, 0.29) is 12.4 Å². The van der Waals surface area contributed by atoms with E-state index in [1.165, 1.54) is 0 Å². The first-order valence-corrected chi connectivity index (χ1v) is 5.84. The van der Waals surface area contributed by atoms with E-state index in [0.717, 1.165) is 24.8 Å². The molecule has 0 aromatic rings. The molecule has 0 heterocycles. The third-order valence-electron chi connectivity index (χ3n) is 2.43. The number of aliphatic hydroxyl groups is 1. The van der Waals surface area contributed by atoms with Crippen LogP contribution in [0, 0.1) is 11.8 Å². The first-order chi connectivity index (χ1) is 7.74. The molecule has 1 aliphatic carbocycles. The summed E-state index contributed by atoms with van der Waals surface area (Å²) >= 11 is 0. The van der Waals surface area contributed by atoms with Crippen molar-refractivity contribution in [1.82, 2.24) is 0 Å². The topological polar surface area (TPSA) is 38.7 Å². The Hall–Kier alpha value is -0.820. The quantitative estimate of drug-likeness (QED) is 0.585. The average Bonchev–Trinajstić information content (AvgIpc) is 2.27. The summed E-state index contributed by atoms with van der Waals surface area (Å²) in [5, 5.41) is 9.63. The fraction of sp³-hybridized carbons (Fsp3) is 0.692. The first kappa shape index (κ1) is 13.2. The lowest BCUT2D eigenvalue weighted by molar-refractivity contribution is -0.117. The van der Waals surface area contributed by atoms with Gasteiger partial charge >= 0.3 is 0 Å². The molecule has 0 saturated heterocycles. The standard InChI is InChI=1S/C13H20O3/c1-3-15-11(2)16-10-6-8-12-7-4-5-9-13(12)14/h7,11,13-14H,3-5,9-10H2,1-2H3. The van der Waals surface area contributed by atoms with Crippen LogP contribution >= 0.6 is 0 Å². The van der Waals surface area contributed by atoms with Crippen molar-refractivity contribution < 1.29 is 14.6 Å². The van der Waals surface area contributed by atoms with Crippen molar-refractivity contribution in [3.05, 3.63) is 11.6 Å². The van der Waals surface area contributed by atoms with E-state index in [1.807, 2.05) is 19.9 Å². The molecule has 90 valence electrons. The van der Waals surface area contributed by atoms with Gasteiger partial charge < -0.3 is 14.6 Å². The van der Waals surface area contributed by atoms with E-state index in [1.54, 1.807) is 0 Å². The highest BCUT2D eigenvalue weighted by Gasteiger charge is 2.11. The van der Waals surface area contributed by atoms with Gasteiger partial charge in [-0.15, -0.1) is 0 Å². The third kappa shape index (κ3) is 4.80. The lowest BCUT2D eigenvalue weighted by Crippen LogP contribution is -2.14. The molecule has 0 amide bonds. The summed E-state index contributed by atoms with van der Waals surface area (Å²) in [5.74, 6) is 5.84. The molecule has 0 radical (unpaired) electrons. The average molecular weight is 224 g/mol. The van der Waals surface area contributed by atoms with Gasteiger partial charge in [0.25, 0.3) is 0 Å². The third-order valence-corrected chi connectivity index (χ3v) is 2.43. The maximum absolute atomic E-state index is 9.63. The molecule has 3 nitrogen and oxygen atoms in total. The molecule has 0 aliphatic heterocycles. The molecular formula is C13H20O3. The van der Waals surface area contributed by atoms with Crippen LogP contribution in [-0.2, 0) is 9.47 Å². The molecule has 16 heavy (non-hydrogen) atoms. The Morgan fingerprint density at radius 3 is 3.06 bits per heavy atom. The Bertz CT molecular complexity index is 285. The highest BCUT2D eigenvalue weighted by molar-refractivity contribution is 5.33. The molecule has 1 N–H and O–H groups in total. The van der Waals surface area contributed by atoms with Gasteiger partial charge in [0.2, 0.25) is 0 Å². The van der Waals surface area contributed by atoms with Gasteiger partial charge in [-0.25, -0.2) is 0 Å². The maximum atomic E-state index is 9.63. The van der Waals surface area contributed by atoms with Crippen molar-refractivity contribution in [2.75, 3.05) is 13.2 Å². The van der Waals surface area contributed by atoms with Crippen molar-refractivity contribution >= 4 is 0 Å². The maximum Gasteiger partial charge on any atom is 0.156 e. The van der Waals surface area contributed by atoms with Crippen LogP contribution < -0.4 is 0 Å². The van der Waals surface area contributed by atoms with Crippen LogP contribution in [0.1, 0.15) is 33.1 Å². The number of rotatable bonds is 4. The van der Waals surface area contributed by atoms with Crippen molar-refractivity contribution in [3.63, 3.8) is 0 Å². The second-order valence-corrected chi connectivity index (χ2v) is 3.74. The van der Waals surface area contributed by atoms with Gasteiger partial charge in [0.15, 0.2) is 6.29 Å². The minimum Gasteiger partial charge on any atom is -0.388 e. The van der Waals surface area contributed by atoms with E-state index < -0.39 is 0 Å². The molecule has 0 aromatic carbocycles. The van der Waals surface area contributed by atoms with Crippen molar-refractivity contribution in [3.8, 4) is 11.8 Å². The number of allylic oxidation sites excluding steroid dienone is 1. The summed E-state index contributed by atoms with van der Waals surface area (Å²) in [6.07, 6.45) is 4.28. The summed E-state index contributed by atoms with van der Waals surface area (Å²) < 4.78 is 10.5. The predicted octanol–water partition coefficient (Wildman–Crippen LogP) is 1.86. The Balaban J connectivity index is 2.29. The highest BCUT2D eigenvalue weighted by Crippen LogP contribution is 2.17. The van der Waals surface area contributed by atoms with Gasteiger partial charge in [0.05, 0.1) is 6.10 Å². The van der Waals surface area contributed by atoms with Crippen molar-refractivity contribution in [2.24, 2.45) is 0 Å². The molecule has 2 atom stereocenters. The Morgan fingerprint density at radius 1 is 1.56 bits per heavy atom. The van der Waals surface area contributed by atoms with Gasteiger partial charge in [-0.1, -0.05) is 17.9 Å². The summed E-state index contributed by atoms with van der Waals surface area (Å²) in [6.45, 7) is 4.75. The van der Waals surface area contributed by atoms with Gasteiger partial charge in [-0.3, -0.25) is 0 Å². The van der Waals surface area contributed by atoms with Gasteiger partial charge in [-0.2, -0.15) is 0 Å². The zero-order valence-electron chi connectivity index (χ0n) is 10.0. The molecule has 3 heteroatoms. The highest BCUT2D eigenvalue weighted by atomic mass is 16.7. The Labute approximate surface area is 97.4 Å². The zero-order chi connectivity index (χ0) is 11.8. The SMILES string of the molecule is CCOC(C)OCC#CC1=CCCCC1O. The van der Waals surface area contributed by atoms with Crippen LogP contribution in [0.3, 0.4) is 0 Å². The lowest BCUT2D eigenvalue weighted by atomic mass is 9.97. The van der Waals surface area contributed by atoms with E-state index in [4.69, 9.17) is 9.47 Å². The van der Waals surface area contributed by atoms with Crippen LogP contribution in [0.2, 0.25) is 0 Å². The van der Waals surface area contributed by atoms with E-state index in [2.05, 4.69) is 11.8 Å². The van der Waals surface area contributed by atoms with E-state index in [9.17, 15) is 5.11 Å². The largest absolute Gasteiger partial charge is 0.388 e. The van der Waals surface area contributed by atoms with Gasteiger partial charge in [0.1, 0.15) is 6.61 Å². The monoisotopic (exact) mass is 224 g/mol. The summed E-state index contributed by atoms with van der Waals surface area (Å²) in [6, 6.07) is 0. The molecule has 0 saturated carbocycles. The molecule has 1 rings (SSSR count). The number of ether oxygens (including phenoxy) is 2. The number of hydrogen-bond acceptors (Lipinski definition) is 3. The fourth-order valence-corrected chi connectivity index (χ4v) is 1.57. The number of hydrogen-bond donors (Lipinski definition) is 1. The van der Waals surface area contributed by atoms with Crippen LogP contribution in [0.15, 0.2) is 11.6 Å². The van der Waals surface area contributed by atoms with Gasteiger partial charge in [-0.05, 0) is 33.1 Å². The predicted molar refractivity (Wildman–Crippen MR) is 62.8 cm³/mol. The minimum absolute atomic E-state index is 0.218. The molecular weight excluding hydrogens is 204 g/mol. The second kappa shape index (κ2) is 7.45. The normalized spacial score (nSPS) is 21.9. The molecule has 0 fully saturated rings. The molecule has 2 unspecified atom stereocenters. The second-order valence-electron chi connectivity index (χ2n) is 3.74.